The zero-order chi connectivity index (χ0) is 36.4. The van der Waals surface area contributed by atoms with Crippen LogP contribution in [0.1, 0.15) is 236 Å². The van der Waals surface area contributed by atoms with Gasteiger partial charge in [-0.3, -0.25) is 4.79 Å². The molecule has 0 amide bonds. The maximum Gasteiger partial charge on any atom is 0.306 e. The summed E-state index contributed by atoms with van der Waals surface area (Å²) in [4.78, 5) is 13.4. The van der Waals surface area contributed by atoms with Gasteiger partial charge in [0.05, 0.1) is 17.8 Å². The van der Waals surface area contributed by atoms with Crippen molar-refractivity contribution in [1.29, 1.82) is 0 Å². The molecule has 0 spiro atoms. The first-order valence-electron chi connectivity index (χ1n) is 21.0. The molecule has 0 aromatic carbocycles. The van der Waals surface area contributed by atoms with E-state index in [1.165, 1.54) is 141 Å². The third kappa shape index (κ3) is 29.2. The molecule has 0 heterocycles. The molecule has 0 atom stereocenters. The molecule has 0 saturated carbocycles. The standard InChI is InChI=1S/C44H88O4/c1-12-14-16-18-20-22-24-26-28-30-32-39(33-31-29-27-25-23-21-19-17-15-13-2)36-40(45)48-44(9,10)38-41(3,4)37-43(7,8)47-35-34-42(5,6)46-11/h39H,12-38H2,1-11H3. The normalized spacial score (nSPS) is 13.1. The number of hydrogen-bond donors (Lipinski definition) is 0. The second-order valence-electron chi connectivity index (χ2n) is 18.1. The molecule has 0 radical (unpaired) electrons. The molecule has 0 fully saturated rings. The molecule has 0 aliphatic heterocycles. The van der Waals surface area contributed by atoms with Gasteiger partial charge in [-0.15, -0.1) is 0 Å². The third-order valence-electron chi connectivity index (χ3n) is 10.3. The smallest absolute Gasteiger partial charge is 0.306 e. The van der Waals surface area contributed by atoms with Crippen molar-refractivity contribution < 1.29 is 19.0 Å². The van der Waals surface area contributed by atoms with E-state index < -0.39 is 5.60 Å². The zero-order valence-electron chi connectivity index (χ0n) is 34.8. The maximum absolute atomic E-state index is 13.4. The quantitative estimate of drug-likeness (QED) is 0.0501. The van der Waals surface area contributed by atoms with E-state index in [0.29, 0.717) is 18.9 Å². The van der Waals surface area contributed by atoms with Crippen molar-refractivity contribution in [2.45, 2.75) is 253 Å². The SMILES string of the molecule is CCCCCCCCCCCCC(CCCCCCCCCCCC)CC(=O)OC(C)(C)CC(C)(C)CC(C)(C)OCCC(C)(C)OC. The number of methoxy groups -OCH3 is 1. The lowest BCUT2D eigenvalue weighted by Crippen LogP contribution is -2.39. The van der Waals surface area contributed by atoms with Crippen LogP contribution < -0.4 is 0 Å². The van der Waals surface area contributed by atoms with Gasteiger partial charge in [-0.25, -0.2) is 0 Å². The summed E-state index contributed by atoms with van der Waals surface area (Å²) < 4.78 is 18.2. The fraction of sp³-hybridized carbons (Fsp3) is 0.977. The van der Waals surface area contributed by atoms with Crippen molar-refractivity contribution in [3.8, 4) is 0 Å². The number of hydrogen-bond acceptors (Lipinski definition) is 4. The summed E-state index contributed by atoms with van der Waals surface area (Å²) in [7, 11) is 1.76. The van der Waals surface area contributed by atoms with Crippen molar-refractivity contribution in [3.63, 3.8) is 0 Å². The van der Waals surface area contributed by atoms with E-state index in [4.69, 9.17) is 14.2 Å². The Morgan fingerprint density at radius 3 is 1.29 bits per heavy atom. The van der Waals surface area contributed by atoms with E-state index in [1.807, 2.05) is 0 Å². The molecule has 0 aromatic heterocycles. The summed E-state index contributed by atoms with van der Waals surface area (Å²) >= 11 is 0. The van der Waals surface area contributed by atoms with Crippen LogP contribution >= 0.6 is 0 Å². The highest BCUT2D eigenvalue weighted by atomic mass is 16.6. The van der Waals surface area contributed by atoms with Crippen LogP contribution in [0.15, 0.2) is 0 Å². The molecule has 0 N–H and O–H groups in total. The van der Waals surface area contributed by atoms with Gasteiger partial charge in [-0.1, -0.05) is 156 Å². The van der Waals surface area contributed by atoms with Crippen LogP contribution in [0.2, 0.25) is 0 Å². The van der Waals surface area contributed by atoms with Crippen LogP contribution in [-0.2, 0) is 19.0 Å². The van der Waals surface area contributed by atoms with Gasteiger partial charge in [-0.2, -0.15) is 0 Å². The van der Waals surface area contributed by atoms with Gasteiger partial charge in [0, 0.05) is 13.5 Å². The average Bonchev–Trinajstić information content (AvgIpc) is 2.97. The van der Waals surface area contributed by atoms with Crippen LogP contribution in [0.4, 0.5) is 0 Å². The van der Waals surface area contributed by atoms with Gasteiger partial charge in [0.25, 0.3) is 0 Å². The van der Waals surface area contributed by atoms with Gasteiger partial charge in [0.2, 0.25) is 0 Å². The monoisotopic (exact) mass is 681 g/mol. The highest BCUT2D eigenvalue weighted by Gasteiger charge is 2.37. The molecule has 0 rings (SSSR count). The molecule has 4 heteroatoms. The first kappa shape index (κ1) is 47.4. The van der Waals surface area contributed by atoms with E-state index in [2.05, 4.69) is 69.2 Å². The Bertz CT molecular complexity index is 729. The topological polar surface area (TPSA) is 44.8 Å². The fourth-order valence-electron chi connectivity index (χ4n) is 7.90. The predicted octanol–water partition coefficient (Wildman–Crippen LogP) is 14.4. The number of carbonyl (C=O) groups is 1. The fourth-order valence-corrected chi connectivity index (χ4v) is 7.90. The van der Waals surface area contributed by atoms with E-state index in [1.54, 1.807) is 7.11 Å². The second kappa shape index (κ2) is 27.1. The summed E-state index contributed by atoms with van der Waals surface area (Å²) in [5, 5.41) is 0. The van der Waals surface area contributed by atoms with Crippen molar-refractivity contribution in [2.24, 2.45) is 11.3 Å². The van der Waals surface area contributed by atoms with Crippen molar-refractivity contribution in [1.82, 2.24) is 0 Å². The Kier molecular flexibility index (Phi) is 26.8. The molecule has 0 saturated heterocycles. The van der Waals surface area contributed by atoms with Gasteiger partial charge >= 0.3 is 5.97 Å². The number of esters is 1. The zero-order valence-corrected chi connectivity index (χ0v) is 34.8. The summed E-state index contributed by atoms with van der Waals surface area (Å²) in [5.41, 5.74) is -0.980. The van der Waals surface area contributed by atoms with Gasteiger partial charge < -0.3 is 14.2 Å². The van der Waals surface area contributed by atoms with E-state index in [0.717, 1.165) is 19.3 Å². The Labute approximate surface area is 302 Å². The Balaban J connectivity index is 4.83. The largest absolute Gasteiger partial charge is 0.460 e. The highest BCUT2D eigenvalue weighted by Crippen LogP contribution is 2.39. The molecule has 48 heavy (non-hydrogen) atoms. The molecular formula is C44H88O4. The minimum absolute atomic E-state index is 0.00253. The van der Waals surface area contributed by atoms with Crippen LogP contribution in [0.25, 0.3) is 0 Å². The van der Waals surface area contributed by atoms with Gasteiger partial charge in [0.15, 0.2) is 0 Å². The summed E-state index contributed by atoms with van der Waals surface area (Å²) in [5.74, 6) is 0.449. The lowest BCUT2D eigenvalue weighted by molar-refractivity contribution is -0.161. The van der Waals surface area contributed by atoms with Crippen molar-refractivity contribution in [2.75, 3.05) is 13.7 Å². The van der Waals surface area contributed by atoms with Crippen LogP contribution in [0.5, 0.6) is 0 Å². The minimum atomic E-state index is -0.506. The number of unbranched alkanes of at least 4 members (excludes halogenated alkanes) is 18. The Morgan fingerprint density at radius 1 is 0.521 bits per heavy atom. The number of rotatable bonds is 34. The third-order valence-corrected chi connectivity index (χ3v) is 10.3. The van der Waals surface area contributed by atoms with E-state index in [-0.39, 0.29) is 22.6 Å². The molecule has 0 aliphatic carbocycles. The molecule has 288 valence electrons. The molecule has 0 bridgehead atoms. The first-order valence-corrected chi connectivity index (χ1v) is 21.0. The molecule has 0 aromatic rings. The van der Waals surface area contributed by atoms with E-state index in [9.17, 15) is 4.79 Å². The molecule has 4 nitrogen and oxygen atoms in total. The first-order chi connectivity index (χ1) is 22.6. The second-order valence-corrected chi connectivity index (χ2v) is 18.1. The summed E-state index contributed by atoms with van der Waals surface area (Å²) in [6.45, 7) is 22.6. The van der Waals surface area contributed by atoms with E-state index >= 15 is 0 Å². The highest BCUT2D eigenvalue weighted by molar-refractivity contribution is 5.70. The number of carbonyl (C=O) groups excluding carboxylic acids is 1. The van der Waals surface area contributed by atoms with Crippen LogP contribution in [0.3, 0.4) is 0 Å². The Hall–Kier alpha value is -0.610. The lowest BCUT2D eigenvalue weighted by atomic mass is 9.74. The predicted molar refractivity (Wildman–Crippen MR) is 210 cm³/mol. The van der Waals surface area contributed by atoms with Gasteiger partial charge in [-0.05, 0) is 85.0 Å². The molecule has 0 aliphatic rings. The van der Waals surface area contributed by atoms with Crippen LogP contribution in [0, 0.1) is 11.3 Å². The maximum atomic E-state index is 13.4. The molecular weight excluding hydrogens is 592 g/mol. The van der Waals surface area contributed by atoms with Gasteiger partial charge in [0.1, 0.15) is 5.60 Å². The summed E-state index contributed by atoms with van der Waals surface area (Å²) in [6.07, 6.45) is 32.6. The lowest BCUT2D eigenvalue weighted by Gasteiger charge is -2.40. The average molecular weight is 681 g/mol. The Morgan fingerprint density at radius 2 is 0.896 bits per heavy atom. The van der Waals surface area contributed by atoms with Crippen molar-refractivity contribution in [3.05, 3.63) is 0 Å². The minimum Gasteiger partial charge on any atom is -0.460 e. The molecule has 0 unspecified atom stereocenters. The van der Waals surface area contributed by atoms with Crippen LogP contribution in [-0.4, -0.2) is 36.5 Å². The number of ether oxygens (including phenoxy) is 3. The summed E-state index contributed by atoms with van der Waals surface area (Å²) in [6, 6.07) is 0. The van der Waals surface area contributed by atoms with Crippen molar-refractivity contribution >= 4 is 5.97 Å².